The third-order valence-corrected chi connectivity index (χ3v) is 3.51. The maximum absolute atomic E-state index is 11.1. The molecular weight excluding hydrogens is 244 g/mol. The minimum absolute atomic E-state index is 0.0923. The Kier molecular flexibility index (Phi) is 4.16. The fraction of sp³-hybridized carbons (Fsp3) is 0.429. The summed E-state index contributed by atoms with van der Waals surface area (Å²) in [7, 11) is 0. The van der Waals surface area contributed by atoms with Crippen molar-refractivity contribution < 1.29 is 14.7 Å². The highest BCUT2D eigenvalue weighted by Crippen LogP contribution is 2.22. The smallest absolute Gasteiger partial charge is 0.304 e. The third kappa shape index (κ3) is 3.54. The number of aliphatic carboxylic acids is 1. The fourth-order valence-electron chi connectivity index (χ4n) is 2.59. The molecule has 3 N–H and O–H groups in total. The molecule has 102 valence electrons. The van der Waals surface area contributed by atoms with E-state index in [1.54, 1.807) is 18.2 Å². The van der Waals surface area contributed by atoms with Crippen LogP contribution in [0.15, 0.2) is 24.3 Å². The van der Waals surface area contributed by atoms with Crippen LogP contribution < -0.4 is 5.73 Å². The molecule has 1 unspecified atom stereocenters. The number of carbonyl (C=O) groups excluding carboxylic acids is 1. The van der Waals surface area contributed by atoms with Crippen molar-refractivity contribution in [3.8, 4) is 0 Å². The van der Waals surface area contributed by atoms with Gasteiger partial charge in [0.25, 0.3) is 0 Å². The molecule has 1 aliphatic rings. The lowest BCUT2D eigenvalue weighted by molar-refractivity contribution is -0.138. The number of carboxylic acid groups (broad SMARTS) is 1. The van der Waals surface area contributed by atoms with Crippen LogP contribution in [0.3, 0.4) is 0 Å². The molecule has 19 heavy (non-hydrogen) atoms. The summed E-state index contributed by atoms with van der Waals surface area (Å²) in [6.45, 7) is 1.57. The standard InChI is InChI=1S/C14H18N2O3/c15-14(19)11-4-1-3-10(7-11)9-16-6-2-5-12(16)8-13(17)18/h1,3-4,7,12H,2,5-6,8-9H2,(H2,15,19)(H,17,18). The van der Waals surface area contributed by atoms with Crippen molar-refractivity contribution in [2.45, 2.75) is 31.8 Å². The maximum atomic E-state index is 11.1. The number of hydrogen-bond acceptors (Lipinski definition) is 3. The van der Waals surface area contributed by atoms with Gasteiger partial charge in [-0.3, -0.25) is 14.5 Å². The summed E-state index contributed by atoms with van der Waals surface area (Å²) >= 11 is 0. The molecule has 1 heterocycles. The molecule has 0 bridgehead atoms. The van der Waals surface area contributed by atoms with E-state index in [2.05, 4.69) is 4.90 Å². The van der Waals surface area contributed by atoms with Crippen molar-refractivity contribution in [1.82, 2.24) is 4.90 Å². The Bertz CT molecular complexity index is 487. The molecule has 2 rings (SSSR count). The van der Waals surface area contributed by atoms with Crippen LogP contribution in [0.1, 0.15) is 35.2 Å². The van der Waals surface area contributed by atoms with Crippen LogP contribution in [0.5, 0.6) is 0 Å². The molecule has 0 spiro atoms. The molecule has 1 fully saturated rings. The van der Waals surface area contributed by atoms with E-state index in [0.29, 0.717) is 12.1 Å². The first-order valence-electron chi connectivity index (χ1n) is 6.41. The Morgan fingerprint density at radius 1 is 1.42 bits per heavy atom. The summed E-state index contributed by atoms with van der Waals surface area (Å²) in [6.07, 6.45) is 2.12. The Morgan fingerprint density at radius 3 is 2.89 bits per heavy atom. The predicted molar refractivity (Wildman–Crippen MR) is 70.6 cm³/mol. The molecular formula is C14H18N2O3. The first-order chi connectivity index (χ1) is 9.06. The molecule has 5 heteroatoms. The molecule has 1 aliphatic heterocycles. The summed E-state index contributed by atoms with van der Waals surface area (Å²) in [6, 6.07) is 7.29. The van der Waals surface area contributed by atoms with Gasteiger partial charge in [0, 0.05) is 18.2 Å². The first-order valence-corrected chi connectivity index (χ1v) is 6.41. The van der Waals surface area contributed by atoms with Gasteiger partial charge in [-0.2, -0.15) is 0 Å². The van der Waals surface area contributed by atoms with E-state index in [-0.39, 0.29) is 12.5 Å². The minimum atomic E-state index is -0.761. The van der Waals surface area contributed by atoms with Crippen LogP contribution in [0.25, 0.3) is 0 Å². The van der Waals surface area contributed by atoms with Crippen LogP contribution in [0.2, 0.25) is 0 Å². The number of rotatable bonds is 5. The van der Waals surface area contributed by atoms with Gasteiger partial charge in [0.2, 0.25) is 5.91 Å². The number of carbonyl (C=O) groups is 2. The zero-order valence-corrected chi connectivity index (χ0v) is 10.7. The van der Waals surface area contributed by atoms with Gasteiger partial charge in [-0.1, -0.05) is 12.1 Å². The van der Waals surface area contributed by atoms with Gasteiger partial charge in [-0.25, -0.2) is 0 Å². The van der Waals surface area contributed by atoms with Gasteiger partial charge < -0.3 is 10.8 Å². The van der Waals surface area contributed by atoms with Crippen molar-refractivity contribution >= 4 is 11.9 Å². The van der Waals surface area contributed by atoms with Crippen molar-refractivity contribution in [3.05, 3.63) is 35.4 Å². The topological polar surface area (TPSA) is 83.6 Å². The van der Waals surface area contributed by atoms with Crippen molar-refractivity contribution in [2.75, 3.05) is 6.54 Å². The summed E-state index contributed by atoms with van der Waals surface area (Å²) in [5.41, 5.74) is 6.74. The summed E-state index contributed by atoms with van der Waals surface area (Å²) in [5.74, 6) is -1.20. The second kappa shape index (κ2) is 5.84. The van der Waals surface area contributed by atoms with Gasteiger partial charge in [0.05, 0.1) is 6.42 Å². The lowest BCUT2D eigenvalue weighted by Crippen LogP contribution is -2.30. The molecule has 0 aromatic heterocycles. The van der Waals surface area contributed by atoms with E-state index in [9.17, 15) is 9.59 Å². The number of benzene rings is 1. The van der Waals surface area contributed by atoms with Crippen molar-refractivity contribution in [2.24, 2.45) is 5.73 Å². The Morgan fingerprint density at radius 2 is 2.21 bits per heavy atom. The predicted octanol–water partition coefficient (Wildman–Crippen LogP) is 1.22. The number of carboxylic acids is 1. The van der Waals surface area contributed by atoms with E-state index >= 15 is 0 Å². The first kappa shape index (κ1) is 13.5. The van der Waals surface area contributed by atoms with Gasteiger partial charge in [0.15, 0.2) is 0 Å². The average molecular weight is 262 g/mol. The van der Waals surface area contributed by atoms with E-state index in [1.165, 1.54) is 0 Å². The van der Waals surface area contributed by atoms with E-state index in [0.717, 1.165) is 24.9 Å². The lowest BCUT2D eigenvalue weighted by atomic mass is 10.1. The Balaban J connectivity index is 2.05. The normalized spacial score (nSPS) is 19.5. The van der Waals surface area contributed by atoms with Gasteiger partial charge in [0.1, 0.15) is 0 Å². The van der Waals surface area contributed by atoms with Crippen LogP contribution in [0.4, 0.5) is 0 Å². The average Bonchev–Trinajstić information content (AvgIpc) is 2.76. The largest absolute Gasteiger partial charge is 0.481 e. The monoisotopic (exact) mass is 262 g/mol. The van der Waals surface area contributed by atoms with E-state index < -0.39 is 11.9 Å². The SMILES string of the molecule is NC(=O)c1cccc(CN2CCCC2CC(=O)O)c1. The lowest BCUT2D eigenvalue weighted by Gasteiger charge is -2.23. The van der Waals surface area contributed by atoms with Crippen LogP contribution in [-0.2, 0) is 11.3 Å². The molecule has 1 aromatic carbocycles. The third-order valence-electron chi connectivity index (χ3n) is 3.51. The van der Waals surface area contributed by atoms with E-state index in [4.69, 9.17) is 10.8 Å². The number of likely N-dealkylation sites (tertiary alicyclic amines) is 1. The number of amides is 1. The molecule has 1 saturated heterocycles. The molecule has 0 radical (unpaired) electrons. The second-order valence-corrected chi connectivity index (χ2v) is 4.93. The number of primary amides is 1. The molecule has 5 nitrogen and oxygen atoms in total. The Labute approximate surface area is 112 Å². The zero-order chi connectivity index (χ0) is 13.8. The number of hydrogen-bond donors (Lipinski definition) is 2. The number of nitrogens with two attached hydrogens (primary N) is 1. The number of nitrogens with zero attached hydrogens (tertiary/aromatic N) is 1. The quantitative estimate of drug-likeness (QED) is 0.835. The van der Waals surface area contributed by atoms with Gasteiger partial charge >= 0.3 is 5.97 Å². The molecule has 0 saturated carbocycles. The molecule has 1 atom stereocenters. The molecule has 1 aromatic rings. The zero-order valence-electron chi connectivity index (χ0n) is 10.7. The molecule has 1 amide bonds. The van der Waals surface area contributed by atoms with Crippen molar-refractivity contribution in [1.29, 1.82) is 0 Å². The van der Waals surface area contributed by atoms with Gasteiger partial charge in [-0.05, 0) is 37.1 Å². The fourth-order valence-corrected chi connectivity index (χ4v) is 2.59. The van der Waals surface area contributed by atoms with Crippen LogP contribution in [0, 0.1) is 0 Å². The highest BCUT2D eigenvalue weighted by Gasteiger charge is 2.26. The second-order valence-electron chi connectivity index (χ2n) is 4.93. The summed E-state index contributed by atoms with van der Waals surface area (Å²) < 4.78 is 0. The van der Waals surface area contributed by atoms with Gasteiger partial charge in [-0.15, -0.1) is 0 Å². The highest BCUT2D eigenvalue weighted by atomic mass is 16.4. The summed E-state index contributed by atoms with van der Waals surface area (Å²) in [5, 5.41) is 8.89. The molecule has 0 aliphatic carbocycles. The minimum Gasteiger partial charge on any atom is -0.481 e. The highest BCUT2D eigenvalue weighted by molar-refractivity contribution is 5.92. The van der Waals surface area contributed by atoms with E-state index in [1.807, 2.05) is 6.07 Å². The summed E-state index contributed by atoms with van der Waals surface area (Å²) in [4.78, 5) is 24.1. The van der Waals surface area contributed by atoms with Crippen LogP contribution in [-0.4, -0.2) is 34.5 Å². The van der Waals surface area contributed by atoms with Crippen LogP contribution >= 0.6 is 0 Å². The Hall–Kier alpha value is -1.88. The van der Waals surface area contributed by atoms with Crippen molar-refractivity contribution in [3.63, 3.8) is 0 Å². The maximum Gasteiger partial charge on any atom is 0.304 e.